The second kappa shape index (κ2) is 10.8. The Hall–Kier alpha value is -1.04. The van der Waals surface area contributed by atoms with Crippen LogP contribution in [0.5, 0.6) is 0 Å². The van der Waals surface area contributed by atoms with Crippen LogP contribution in [0.2, 0.25) is 5.02 Å². The first-order valence-corrected chi connectivity index (χ1v) is 9.82. The highest BCUT2D eigenvalue weighted by Crippen LogP contribution is 2.19. The molecule has 0 aliphatic carbocycles. The summed E-state index contributed by atoms with van der Waals surface area (Å²) >= 11 is 7.77. The highest BCUT2D eigenvalue weighted by Gasteiger charge is 2.10. The van der Waals surface area contributed by atoms with Crippen LogP contribution in [0.15, 0.2) is 53.4 Å². The van der Waals surface area contributed by atoms with Gasteiger partial charge in [0.2, 0.25) is 0 Å². The molecule has 2 N–H and O–H groups in total. The van der Waals surface area contributed by atoms with Gasteiger partial charge in [-0.3, -0.25) is 0 Å². The minimum Gasteiger partial charge on any atom is -0.387 e. The summed E-state index contributed by atoms with van der Waals surface area (Å²) in [5, 5.41) is 14.3. The van der Waals surface area contributed by atoms with Crippen molar-refractivity contribution in [3.05, 3.63) is 64.7 Å². The average molecular weight is 380 g/mol. The maximum absolute atomic E-state index is 10.3. The van der Waals surface area contributed by atoms with Gasteiger partial charge in [0.05, 0.1) is 12.7 Å². The minimum absolute atomic E-state index is 0.279. The summed E-state index contributed by atoms with van der Waals surface area (Å²) in [5.74, 6) is 0.967. The molecule has 0 heterocycles. The van der Waals surface area contributed by atoms with E-state index in [1.54, 1.807) is 24.9 Å². The number of thioether (sulfide) groups is 1. The summed E-state index contributed by atoms with van der Waals surface area (Å²) in [6.07, 6.45) is 0.367. The van der Waals surface area contributed by atoms with E-state index in [0.29, 0.717) is 11.6 Å². The molecule has 2 aromatic rings. The van der Waals surface area contributed by atoms with Crippen LogP contribution < -0.4 is 5.32 Å². The van der Waals surface area contributed by atoms with E-state index in [9.17, 15) is 5.11 Å². The number of ether oxygens (including phenoxy) is 1. The van der Waals surface area contributed by atoms with Gasteiger partial charge in [0, 0.05) is 35.4 Å². The fourth-order valence-electron chi connectivity index (χ4n) is 2.53. The molecule has 0 aromatic heterocycles. The Morgan fingerprint density at radius 3 is 2.64 bits per heavy atom. The van der Waals surface area contributed by atoms with Gasteiger partial charge in [-0.05, 0) is 48.7 Å². The van der Waals surface area contributed by atoms with Crippen molar-refractivity contribution in [2.75, 3.05) is 26.0 Å². The zero-order valence-electron chi connectivity index (χ0n) is 14.7. The van der Waals surface area contributed by atoms with Gasteiger partial charge in [0.1, 0.15) is 0 Å². The lowest BCUT2D eigenvalue weighted by atomic mass is 10.1. The predicted molar refractivity (Wildman–Crippen MR) is 107 cm³/mol. The molecular weight excluding hydrogens is 354 g/mol. The fourth-order valence-corrected chi connectivity index (χ4v) is 3.55. The minimum atomic E-state index is -0.555. The molecule has 0 aliphatic rings. The maximum atomic E-state index is 10.3. The van der Waals surface area contributed by atoms with E-state index in [-0.39, 0.29) is 6.04 Å². The number of benzene rings is 2. The van der Waals surface area contributed by atoms with Crippen molar-refractivity contribution in [3.63, 3.8) is 0 Å². The zero-order valence-corrected chi connectivity index (χ0v) is 16.3. The molecule has 0 amide bonds. The van der Waals surface area contributed by atoms with Gasteiger partial charge in [0.25, 0.3) is 0 Å². The van der Waals surface area contributed by atoms with Crippen molar-refractivity contribution >= 4 is 23.4 Å². The number of hydrogen-bond donors (Lipinski definition) is 2. The van der Waals surface area contributed by atoms with E-state index in [1.165, 1.54) is 10.5 Å². The molecule has 3 nitrogen and oxygen atoms in total. The van der Waals surface area contributed by atoms with Gasteiger partial charge in [-0.25, -0.2) is 0 Å². The van der Waals surface area contributed by atoms with Crippen LogP contribution in [0.25, 0.3) is 0 Å². The molecule has 25 heavy (non-hydrogen) atoms. The van der Waals surface area contributed by atoms with E-state index in [1.807, 2.05) is 18.2 Å². The predicted octanol–water partition coefficient (Wildman–Crippen LogP) is 4.33. The van der Waals surface area contributed by atoms with Crippen LogP contribution in [-0.2, 0) is 11.2 Å². The lowest BCUT2D eigenvalue weighted by Gasteiger charge is -2.18. The zero-order chi connectivity index (χ0) is 18.1. The monoisotopic (exact) mass is 379 g/mol. The summed E-state index contributed by atoms with van der Waals surface area (Å²) < 4.78 is 5.07. The van der Waals surface area contributed by atoms with Crippen LogP contribution >= 0.6 is 23.4 Å². The third-order valence-corrected chi connectivity index (χ3v) is 5.13. The number of halogens is 1. The van der Waals surface area contributed by atoms with E-state index in [0.717, 1.165) is 24.3 Å². The Morgan fingerprint density at radius 1 is 1.20 bits per heavy atom. The summed E-state index contributed by atoms with van der Waals surface area (Å²) in [6, 6.07) is 16.3. The Morgan fingerprint density at radius 2 is 1.96 bits per heavy atom. The van der Waals surface area contributed by atoms with Crippen LogP contribution in [0.1, 0.15) is 24.2 Å². The van der Waals surface area contributed by atoms with E-state index in [4.69, 9.17) is 16.3 Å². The molecule has 136 valence electrons. The van der Waals surface area contributed by atoms with Crippen molar-refractivity contribution in [2.45, 2.75) is 30.4 Å². The molecule has 0 fully saturated rings. The van der Waals surface area contributed by atoms with Gasteiger partial charge in [-0.1, -0.05) is 35.9 Å². The summed E-state index contributed by atoms with van der Waals surface area (Å²) in [7, 11) is 1.72. The van der Waals surface area contributed by atoms with E-state index < -0.39 is 6.10 Å². The molecule has 0 bridgehead atoms. The number of aliphatic hydroxyl groups is 1. The second-order valence-corrected chi connectivity index (χ2v) is 7.67. The van der Waals surface area contributed by atoms with Crippen LogP contribution in [0.3, 0.4) is 0 Å². The molecule has 0 saturated carbocycles. The number of methoxy groups -OCH3 is 1. The van der Waals surface area contributed by atoms with Gasteiger partial charge >= 0.3 is 0 Å². The first-order valence-electron chi connectivity index (χ1n) is 8.46. The van der Waals surface area contributed by atoms with Gasteiger partial charge in [-0.2, -0.15) is 0 Å². The quantitative estimate of drug-likeness (QED) is 0.476. The second-order valence-electron chi connectivity index (χ2n) is 6.07. The number of aliphatic hydroxyl groups excluding tert-OH is 1. The molecule has 0 spiro atoms. The Kier molecular flexibility index (Phi) is 8.79. The molecule has 2 aromatic carbocycles. The molecule has 0 saturated heterocycles. The van der Waals surface area contributed by atoms with Crippen LogP contribution in [0.4, 0.5) is 0 Å². The standard InChI is InChI=1S/C20H26ClNO2S/c1-15(22-14-20(23)17-4-3-5-18(21)13-17)12-16-6-8-19(9-7-16)25-11-10-24-2/h3-9,13,15,20,22-23H,10-12,14H2,1-2H3. The lowest BCUT2D eigenvalue weighted by Crippen LogP contribution is -2.32. The molecule has 2 rings (SSSR count). The summed E-state index contributed by atoms with van der Waals surface area (Å²) in [5.41, 5.74) is 2.12. The maximum Gasteiger partial charge on any atom is 0.0914 e. The average Bonchev–Trinajstić information content (AvgIpc) is 2.61. The Balaban J connectivity index is 1.76. The molecule has 0 aliphatic heterocycles. The van der Waals surface area contributed by atoms with Gasteiger partial charge in [0.15, 0.2) is 0 Å². The van der Waals surface area contributed by atoms with Crippen molar-refractivity contribution < 1.29 is 9.84 Å². The van der Waals surface area contributed by atoms with Gasteiger partial charge < -0.3 is 15.2 Å². The Bertz CT molecular complexity index is 636. The smallest absolute Gasteiger partial charge is 0.0914 e. The lowest BCUT2D eigenvalue weighted by molar-refractivity contribution is 0.170. The fraction of sp³-hybridized carbons (Fsp3) is 0.400. The number of hydrogen-bond acceptors (Lipinski definition) is 4. The van der Waals surface area contributed by atoms with Crippen LogP contribution in [-0.4, -0.2) is 37.2 Å². The normalized spacial score (nSPS) is 13.6. The third kappa shape index (κ3) is 7.38. The number of rotatable bonds is 10. The Labute approximate surface area is 159 Å². The first kappa shape index (κ1) is 20.3. The van der Waals surface area contributed by atoms with Crippen molar-refractivity contribution in [2.24, 2.45) is 0 Å². The van der Waals surface area contributed by atoms with E-state index >= 15 is 0 Å². The highest BCUT2D eigenvalue weighted by molar-refractivity contribution is 7.99. The van der Waals surface area contributed by atoms with Crippen LogP contribution in [0, 0.1) is 0 Å². The highest BCUT2D eigenvalue weighted by atomic mass is 35.5. The topological polar surface area (TPSA) is 41.5 Å². The van der Waals surface area contributed by atoms with Gasteiger partial charge in [-0.15, -0.1) is 11.8 Å². The largest absolute Gasteiger partial charge is 0.387 e. The van der Waals surface area contributed by atoms with E-state index in [2.05, 4.69) is 36.5 Å². The molecule has 2 atom stereocenters. The summed E-state index contributed by atoms with van der Waals surface area (Å²) in [4.78, 5) is 1.26. The van der Waals surface area contributed by atoms with Crippen molar-refractivity contribution in [1.82, 2.24) is 5.32 Å². The van der Waals surface area contributed by atoms with Crippen molar-refractivity contribution in [3.8, 4) is 0 Å². The SMILES string of the molecule is COCCSc1ccc(CC(C)NCC(O)c2cccc(Cl)c2)cc1. The molecular formula is C20H26ClNO2S. The third-order valence-electron chi connectivity index (χ3n) is 3.91. The molecule has 2 unspecified atom stereocenters. The molecule has 5 heteroatoms. The number of nitrogens with one attached hydrogen (secondary N) is 1. The van der Waals surface area contributed by atoms with Crippen molar-refractivity contribution in [1.29, 1.82) is 0 Å². The first-order chi connectivity index (χ1) is 12.1. The molecule has 0 radical (unpaired) electrons. The summed E-state index contributed by atoms with van der Waals surface area (Å²) in [6.45, 7) is 3.40.